The molecule has 0 atom stereocenters. The monoisotopic (exact) mass is 366 g/mol. The average Bonchev–Trinajstić information content (AvgIpc) is 2.98. The van der Waals surface area contributed by atoms with Gasteiger partial charge in [0.05, 0.1) is 12.8 Å². The molecule has 0 bridgehead atoms. The maximum absolute atomic E-state index is 9.78. The van der Waals surface area contributed by atoms with Crippen LogP contribution < -0.4 is 4.74 Å². The lowest BCUT2D eigenvalue weighted by atomic mass is 9.92. The summed E-state index contributed by atoms with van der Waals surface area (Å²) in [6.07, 6.45) is 0.700. The van der Waals surface area contributed by atoms with E-state index in [0.29, 0.717) is 27.9 Å². The molecule has 0 N–H and O–H groups in total. The van der Waals surface area contributed by atoms with Crippen molar-refractivity contribution in [3.8, 4) is 34.2 Å². The molecule has 0 amide bonds. The Hall–Kier alpha value is -2.54. The molecule has 25 heavy (non-hydrogen) atoms. The molecule has 1 aliphatic carbocycles. The number of hydrogen-bond acceptors (Lipinski definition) is 3. The molecule has 1 aromatic heterocycles. The van der Waals surface area contributed by atoms with Gasteiger partial charge in [-0.3, -0.25) is 0 Å². The van der Waals surface area contributed by atoms with E-state index in [4.69, 9.17) is 27.9 Å². The molecule has 0 fully saturated rings. The smallest absolute Gasteiger partial charge is 0.232 e. The van der Waals surface area contributed by atoms with Crippen molar-refractivity contribution in [3.05, 3.63) is 69.3 Å². The van der Waals surface area contributed by atoms with Crippen LogP contribution in [0.2, 0.25) is 10.0 Å². The Morgan fingerprint density at radius 1 is 1.08 bits per heavy atom. The highest BCUT2D eigenvalue weighted by atomic mass is 35.5. The van der Waals surface area contributed by atoms with Crippen molar-refractivity contribution >= 4 is 23.2 Å². The predicted octanol–water partition coefficient (Wildman–Crippen LogP) is 5.51. The largest absolute Gasteiger partial charge is 0.480 e. The van der Waals surface area contributed by atoms with Crippen LogP contribution >= 0.6 is 23.2 Å². The van der Waals surface area contributed by atoms with Crippen molar-refractivity contribution < 1.29 is 4.74 Å². The SMILES string of the molecule is COc1nc2c(c(-c3ccc(Cl)cc3Cl)c1C#N)-c1ccccc1C2. The second kappa shape index (κ2) is 6.07. The molecule has 4 rings (SSSR count). The van der Waals surface area contributed by atoms with Crippen molar-refractivity contribution in [1.29, 1.82) is 5.26 Å². The van der Waals surface area contributed by atoms with Gasteiger partial charge in [-0.05, 0) is 23.3 Å². The van der Waals surface area contributed by atoms with E-state index in [1.165, 1.54) is 12.7 Å². The molecule has 0 unspecified atom stereocenters. The van der Waals surface area contributed by atoms with Gasteiger partial charge in [0.1, 0.15) is 11.6 Å². The number of hydrogen-bond donors (Lipinski definition) is 0. The van der Waals surface area contributed by atoms with Gasteiger partial charge >= 0.3 is 0 Å². The van der Waals surface area contributed by atoms with Gasteiger partial charge in [0.2, 0.25) is 5.88 Å². The lowest BCUT2D eigenvalue weighted by molar-refractivity contribution is 0.395. The highest BCUT2D eigenvalue weighted by Crippen LogP contribution is 2.47. The number of rotatable bonds is 2. The summed E-state index contributed by atoms with van der Waals surface area (Å²) < 4.78 is 5.38. The van der Waals surface area contributed by atoms with Crippen molar-refractivity contribution in [3.63, 3.8) is 0 Å². The first-order valence-electron chi connectivity index (χ1n) is 7.68. The number of pyridine rings is 1. The summed E-state index contributed by atoms with van der Waals surface area (Å²) in [6.45, 7) is 0. The molecule has 2 aromatic carbocycles. The van der Waals surface area contributed by atoms with Crippen LogP contribution in [0.3, 0.4) is 0 Å². The minimum absolute atomic E-state index is 0.315. The van der Waals surface area contributed by atoms with Gasteiger partial charge in [0, 0.05) is 33.2 Å². The summed E-state index contributed by atoms with van der Waals surface area (Å²) in [4.78, 5) is 4.58. The maximum Gasteiger partial charge on any atom is 0.232 e. The molecule has 0 radical (unpaired) electrons. The average molecular weight is 367 g/mol. The van der Waals surface area contributed by atoms with Gasteiger partial charge in [0.15, 0.2) is 0 Å². The predicted molar refractivity (Wildman–Crippen MR) is 99.2 cm³/mol. The number of ether oxygens (including phenoxy) is 1. The molecular formula is C20H12Cl2N2O. The molecular weight excluding hydrogens is 355 g/mol. The van der Waals surface area contributed by atoms with E-state index in [-0.39, 0.29) is 0 Å². The molecule has 0 spiro atoms. The standard InChI is InChI=1S/C20H12Cl2N2O/c1-25-20-15(10-23)18(14-7-6-12(21)9-16(14)22)19-13-5-3-2-4-11(13)8-17(19)24-20/h2-7,9H,8H2,1H3. The Morgan fingerprint density at radius 3 is 2.60 bits per heavy atom. The van der Waals surface area contributed by atoms with Crippen molar-refractivity contribution in [2.75, 3.05) is 7.11 Å². The van der Waals surface area contributed by atoms with Gasteiger partial charge in [-0.15, -0.1) is 0 Å². The van der Waals surface area contributed by atoms with Gasteiger partial charge in [0.25, 0.3) is 0 Å². The number of nitrogens with zero attached hydrogens (tertiary/aromatic N) is 2. The summed E-state index contributed by atoms with van der Waals surface area (Å²) in [5.41, 5.74) is 5.95. The van der Waals surface area contributed by atoms with E-state index in [1.807, 2.05) is 24.3 Å². The Balaban J connectivity index is 2.13. The first-order chi connectivity index (χ1) is 12.1. The zero-order valence-electron chi connectivity index (χ0n) is 13.3. The molecule has 122 valence electrons. The number of aromatic nitrogens is 1. The second-order valence-electron chi connectivity index (χ2n) is 5.76. The number of methoxy groups -OCH3 is 1. The van der Waals surface area contributed by atoms with Crippen LogP contribution in [0.1, 0.15) is 16.8 Å². The Bertz CT molecular complexity index is 1050. The van der Waals surface area contributed by atoms with Crippen LogP contribution in [-0.2, 0) is 6.42 Å². The summed E-state index contributed by atoms with van der Waals surface area (Å²) in [6, 6.07) is 15.6. The van der Waals surface area contributed by atoms with Crippen LogP contribution in [-0.4, -0.2) is 12.1 Å². The molecule has 5 heteroatoms. The fraction of sp³-hybridized carbons (Fsp3) is 0.100. The van der Waals surface area contributed by atoms with Gasteiger partial charge in [-0.1, -0.05) is 53.5 Å². The van der Waals surface area contributed by atoms with E-state index in [9.17, 15) is 5.26 Å². The minimum atomic E-state index is 0.315. The summed E-state index contributed by atoms with van der Waals surface area (Å²) in [5.74, 6) is 0.315. The lowest BCUT2D eigenvalue weighted by Crippen LogP contribution is -2.01. The van der Waals surface area contributed by atoms with E-state index in [2.05, 4.69) is 17.1 Å². The van der Waals surface area contributed by atoms with Gasteiger partial charge in [-0.2, -0.15) is 5.26 Å². The highest BCUT2D eigenvalue weighted by molar-refractivity contribution is 6.36. The molecule has 0 aliphatic heterocycles. The first-order valence-corrected chi connectivity index (χ1v) is 8.44. The van der Waals surface area contributed by atoms with Crippen LogP contribution in [0, 0.1) is 11.3 Å². The van der Waals surface area contributed by atoms with E-state index < -0.39 is 0 Å². The van der Waals surface area contributed by atoms with E-state index in [0.717, 1.165) is 27.9 Å². The van der Waals surface area contributed by atoms with Crippen LogP contribution in [0.25, 0.3) is 22.3 Å². The Morgan fingerprint density at radius 2 is 1.88 bits per heavy atom. The van der Waals surface area contributed by atoms with Gasteiger partial charge in [-0.25, -0.2) is 4.98 Å². The lowest BCUT2D eigenvalue weighted by Gasteiger charge is -2.15. The van der Waals surface area contributed by atoms with Gasteiger partial charge < -0.3 is 4.74 Å². The Kier molecular flexibility index (Phi) is 3.88. The fourth-order valence-electron chi connectivity index (χ4n) is 3.34. The number of fused-ring (bicyclic) bond motifs is 3. The van der Waals surface area contributed by atoms with Crippen LogP contribution in [0.4, 0.5) is 0 Å². The molecule has 1 heterocycles. The normalized spacial score (nSPS) is 11.6. The van der Waals surface area contributed by atoms with Crippen molar-refractivity contribution in [1.82, 2.24) is 4.98 Å². The third-order valence-electron chi connectivity index (χ3n) is 4.39. The Labute approximate surface area is 155 Å². The van der Waals surface area contributed by atoms with Crippen molar-refractivity contribution in [2.24, 2.45) is 0 Å². The van der Waals surface area contributed by atoms with Crippen LogP contribution in [0.5, 0.6) is 5.88 Å². The third-order valence-corrected chi connectivity index (χ3v) is 4.94. The molecule has 0 saturated carbocycles. The fourth-order valence-corrected chi connectivity index (χ4v) is 3.84. The number of halogens is 2. The zero-order chi connectivity index (χ0) is 17.6. The van der Waals surface area contributed by atoms with E-state index >= 15 is 0 Å². The molecule has 0 saturated heterocycles. The quantitative estimate of drug-likeness (QED) is 0.470. The van der Waals surface area contributed by atoms with Crippen LogP contribution in [0.15, 0.2) is 42.5 Å². The third kappa shape index (κ3) is 2.46. The van der Waals surface area contributed by atoms with Crippen molar-refractivity contribution in [2.45, 2.75) is 6.42 Å². The number of benzene rings is 2. The van der Waals surface area contributed by atoms with E-state index in [1.54, 1.807) is 12.1 Å². The minimum Gasteiger partial charge on any atom is -0.480 e. The second-order valence-corrected chi connectivity index (χ2v) is 6.61. The molecule has 3 nitrogen and oxygen atoms in total. The highest BCUT2D eigenvalue weighted by Gasteiger charge is 2.29. The molecule has 1 aliphatic rings. The summed E-state index contributed by atoms with van der Waals surface area (Å²) in [5, 5.41) is 10.8. The number of nitriles is 1. The zero-order valence-corrected chi connectivity index (χ0v) is 14.8. The summed E-state index contributed by atoms with van der Waals surface area (Å²) in [7, 11) is 1.52. The summed E-state index contributed by atoms with van der Waals surface area (Å²) >= 11 is 12.5. The topological polar surface area (TPSA) is 45.9 Å². The molecule has 3 aromatic rings. The maximum atomic E-state index is 9.78. The first kappa shape index (κ1) is 16.0.